The molecular formula is C17H19NO2. The van der Waals surface area contributed by atoms with Gasteiger partial charge in [-0.2, -0.15) is 0 Å². The Kier molecular flexibility index (Phi) is 4.41. The van der Waals surface area contributed by atoms with Crippen molar-refractivity contribution >= 4 is 17.3 Å². The first-order chi connectivity index (χ1) is 9.65. The highest BCUT2D eigenvalue weighted by Gasteiger charge is 2.08. The van der Waals surface area contributed by atoms with Gasteiger partial charge in [0.25, 0.3) is 0 Å². The summed E-state index contributed by atoms with van der Waals surface area (Å²) < 4.78 is 0. The number of carbonyl (C=O) groups is 1. The fourth-order valence-electron chi connectivity index (χ4n) is 2.28. The van der Waals surface area contributed by atoms with Crippen molar-refractivity contribution < 1.29 is 9.90 Å². The number of rotatable bonds is 5. The maximum Gasteiger partial charge on any atom is 0.335 e. The molecule has 0 saturated carbocycles. The topological polar surface area (TPSA) is 49.3 Å². The average Bonchev–Trinajstić information content (AvgIpc) is 2.47. The Hall–Kier alpha value is -2.29. The van der Waals surface area contributed by atoms with Crippen LogP contribution in [0.4, 0.5) is 11.4 Å². The monoisotopic (exact) mass is 269 g/mol. The molecule has 0 amide bonds. The molecule has 0 aromatic heterocycles. The Balaban J connectivity index is 2.39. The van der Waals surface area contributed by atoms with Gasteiger partial charge in [-0.25, -0.2) is 4.79 Å². The standard InChI is InChI=1S/C17H19NO2/c1-3-12-7-5-8-13(4-2)16(12)18-15-10-6-9-14(11-15)17(19)20/h5-11,18H,3-4H2,1-2H3,(H,19,20). The smallest absolute Gasteiger partial charge is 0.335 e. The van der Waals surface area contributed by atoms with E-state index in [1.54, 1.807) is 18.2 Å². The average molecular weight is 269 g/mol. The van der Waals surface area contributed by atoms with Crippen molar-refractivity contribution in [2.24, 2.45) is 0 Å². The zero-order valence-corrected chi connectivity index (χ0v) is 11.8. The van der Waals surface area contributed by atoms with Crippen LogP contribution >= 0.6 is 0 Å². The lowest BCUT2D eigenvalue weighted by Gasteiger charge is -2.15. The van der Waals surface area contributed by atoms with E-state index >= 15 is 0 Å². The molecule has 3 nitrogen and oxygen atoms in total. The minimum absolute atomic E-state index is 0.294. The molecule has 0 bridgehead atoms. The third-order valence-electron chi connectivity index (χ3n) is 3.38. The predicted molar refractivity (Wildman–Crippen MR) is 81.9 cm³/mol. The summed E-state index contributed by atoms with van der Waals surface area (Å²) in [7, 11) is 0. The number of anilines is 2. The Bertz CT molecular complexity index is 598. The molecule has 0 fully saturated rings. The molecule has 0 saturated heterocycles. The van der Waals surface area contributed by atoms with Crippen molar-refractivity contribution in [2.45, 2.75) is 26.7 Å². The van der Waals surface area contributed by atoms with E-state index in [2.05, 4.69) is 37.4 Å². The van der Waals surface area contributed by atoms with Crippen molar-refractivity contribution in [1.29, 1.82) is 0 Å². The normalized spacial score (nSPS) is 10.3. The molecule has 2 aromatic carbocycles. The first-order valence-corrected chi connectivity index (χ1v) is 6.86. The molecule has 0 spiro atoms. The summed E-state index contributed by atoms with van der Waals surface area (Å²) in [5, 5.41) is 12.4. The Morgan fingerprint density at radius 1 is 1.05 bits per heavy atom. The van der Waals surface area contributed by atoms with E-state index in [0.717, 1.165) is 24.2 Å². The summed E-state index contributed by atoms with van der Waals surface area (Å²) in [6, 6.07) is 13.2. The van der Waals surface area contributed by atoms with E-state index in [9.17, 15) is 4.79 Å². The first-order valence-electron chi connectivity index (χ1n) is 6.86. The Morgan fingerprint density at radius 2 is 1.65 bits per heavy atom. The third-order valence-corrected chi connectivity index (χ3v) is 3.38. The van der Waals surface area contributed by atoms with Crippen LogP contribution in [0.5, 0.6) is 0 Å². The number of nitrogens with one attached hydrogen (secondary N) is 1. The van der Waals surface area contributed by atoms with E-state index in [1.807, 2.05) is 6.07 Å². The van der Waals surface area contributed by atoms with Gasteiger partial charge in [0.1, 0.15) is 0 Å². The quantitative estimate of drug-likeness (QED) is 0.853. The summed E-state index contributed by atoms with van der Waals surface area (Å²) in [6.07, 6.45) is 1.88. The molecule has 0 aliphatic heterocycles. The molecule has 20 heavy (non-hydrogen) atoms. The molecule has 2 rings (SSSR count). The zero-order valence-electron chi connectivity index (χ0n) is 11.8. The van der Waals surface area contributed by atoms with Crippen LogP contribution in [0.25, 0.3) is 0 Å². The van der Waals surface area contributed by atoms with E-state index in [4.69, 9.17) is 5.11 Å². The fraction of sp³-hybridized carbons (Fsp3) is 0.235. The van der Waals surface area contributed by atoms with Crippen molar-refractivity contribution in [2.75, 3.05) is 5.32 Å². The van der Waals surface area contributed by atoms with E-state index in [-0.39, 0.29) is 0 Å². The van der Waals surface area contributed by atoms with E-state index in [0.29, 0.717) is 5.56 Å². The highest BCUT2D eigenvalue weighted by molar-refractivity contribution is 5.89. The first kappa shape index (κ1) is 14.1. The van der Waals surface area contributed by atoms with Gasteiger partial charge in [0.05, 0.1) is 5.56 Å². The van der Waals surface area contributed by atoms with Crippen LogP contribution in [-0.4, -0.2) is 11.1 Å². The summed E-state index contributed by atoms with van der Waals surface area (Å²) in [5.74, 6) is -0.909. The zero-order chi connectivity index (χ0) is 14.5. The van der Waals surface area contributed by atoms with Gasteiger partial charge in [-0.05, 0) is 42.2 Å². The predicted octanol–water partition coefficient (Wildman–Crippen LogP) is 4.25. The lowest BCUT2D eigenvalue weighted by Crippen LogP contribution is -2.02. The number of benzene rings is 2. The summed E-state index contributed by atoms with van der Waals surface area (Å²) in [6.45, 7) is 4.24. The van der Waals surface area contributed by atoms with Gasteiger partial charge in [-0.1, -0.05) is 38.1 Å². The van der Waals surface area contributed by atoms with Gasteiger partial charge >= 0.3 is 5.97 Å². The van der Waals surface area contributed by atoms with E-state index in [1.165, 1.54) is 11.1 Å². The summed E-state index contributed by atoms with van der Waals surface area (Å²) in [5.41, 5.74) is 4.68. The van der Waals surface area contributed by atoms with Crippen molar-refractivity contribution in [3.63, 3.8) is 0 Å². The molecule has 104 valence electrons. The second kappa shape index (κ2) is 6.24. The molecule has 0 aliphatic carbocycles. The minimum Gasteiger partial charge on any atom is -0.478 e. The maximum absolute atomic E-state index is 11.0. The molecule has 2 aromatic rings. The van der Waals surface area contributed by atoms with Gasteiger partial charge in [0.15, 0.2) is 0 Å². The summed E-state index contributed by atoms with van der Waals surface area (Å²) >= 11 is 0. The number of carboxylic acid groups (broad SMARTS) is 1. The third kappa shape index (κ3) is 2.99. The molecule has 0 atom stereocenters. The fourth-order valence-corrected chi connectivity index (χ4v) is 2.28. The molecule has 0 unspecified atom stereocenters. The number of carboxylic acids is 1. The summed E-state index contributed by atoms with van der Waals surface area (Å²) in [4.78, 5) is 11.0. The molecule has 3 heteroatoms. The van der Waals surface area contributed by atoms with Gasteiger partial charge < -0.3 is 10.4 Å². The highest BCUT2D eigenvalue weighted by Crippen LogP contribution is 2.26. The maximum atomic E-state index is 11.0. The SMILES string of the molecule is CCc1cccc(CC)c1Nc1cccc(C(=O)O)c1. The van der Waals surface area contributed by atoms with Crippen LogP contribution in [0.2, 0.25) is 0 Å². The lowest BCUT2D eigenvalue weighted by atomic mass is 10.0. The van der Waals surface area contributed by atoms with Gasteiger partial charge in [-0.15, -0.1) is 0 Å². The largest absolute Gasteiger partial charge is 0.478 e. The van der Waals surface area contributed by atoms with Crippen LogP contribution in [0.1, 0.15) is 35.3 Å². The van der Waals surface area contributed by atoms with Crippen molar-refractivity contribution in [3.05, 3.63) is 59.2 Å². The molecule has 0 radical (unpaired) electrons. The number of hydrogen-bond acceptors (Lipinski definition) is 2. The minimum atomic E-state index is -0.909. The number of aromatic carboxylic acids is 1. The molecule has 0 heterocycles. The van der Waals surface area contributed by atoms with Crippen LogP contribution < -0.4 is 5.32 Å². The van der Waals surface area contributed by atoms with E-state index < -0.39 is 5.97 Å². The van der Waals surface area contributed by atoms with Gasteiger partial charge in [-0.3, -0.25) is 0 Å². The van der Waals surface area contributed by atoms with Crippen molar-refractivity contribution in [1.82, 2.24) is 0 Å². The number of aryl methyl sites for hydroxylation is 2. The van der Waals surface area contributed by atoms with Crippen LogP contribution in [0.15, 0.2) is 42.5 Å². The second-order valence-corrected chi connectivity index (χ2v) is 4.67. The van der Waals surface area contributed by atoms with Gasteiger partial charge in [0, 0.05) is 11.4 Å². The Labute approximate surface area is 119 Å². The van der Waals surface area contributed by atoms with Crippen LogP contribution in [-0.2, 0) is 12.8 Å². The van der Waals surface area contributed by atoms with Gasteiger partial charge in [0.2, 0.25) is 0 Å². The number of para-hydroxylation sites is 1. The highest BCUT2D eigenvalue weighted by atomic mass is 16.4. The lowest BCUT2D eigenvalue weighted by molar-refractivity contribution is 0.0697. The number of hydrogen-bond donors (Lipinski definition) is 2. The van der Waals surface area contributed by atoms with Crippen LogP contribution in [0.3, 0.4) is 0 Å². The molecule has 0 aliphatic rings. The second-order valence-electron chi connectivity index (χ2n) is 4.67. The molecular weight excluding hydrogens is 250 g/mol. The Morgan fingerprint density at radius 3 is 2.20 bits per heavy atom. The molecule has 2 N–H and O–H groups in total. The van der Waals surface area contributed by atoms with Crippen molar-refractivity contribution in [3.8, 4) is 0 Å². The van der Waals surface area contributed by atoms with Crippen LogP contribution in [0, 0.1) is 0 Å².